The number of fused-ring (bicyclic) bond motifs is 8. The van der Waals surface area contributed by atoms with Crippen LogP contribution in [0.2, 0.25) is 0 Å². The number of anilines is 3. The average Bonchev–Trinajstić information content (AvgIpc) is 3.59. The first kappa shape index (κ1) is 27.1. The van der Waals surface area contributed by atoms with Gasteiger partial charge in [0, 0.05) is 38.8 Å². The third-order valence-corrected chi connectivity index (χ3v) is 10.4. The van der Waals surface area contributed by atoms with E-state index in [0.29, 0.717) is 0 Å². The Kier molecular flexibility index (Phi) is 5.63. The standard InChI is InChI=1S/C45H32N2O/c1-45(2)38-27-29(33-17-11-18-36-37-19-12-22-42-44(37)47(43(33)36)40-20-9-10-21-41(40)48-42)23-25-34(38)35-26-24-32(28-39(35)45)46(30-13-5-3-6-14-30)31-15-7-4-8-16-31/h3-28H,1-2H3. The Balaban J connectivity index is 1.14. The van der Waals surface area contributed by atoms with Gasteiger partial charge >= 0.3 is 0 Å². The van der Waals surface area contributed by atoms with Gasteiger partial charge in [-0.3, -0.25) is 0 Å². The highest BCUT2D eigenvalue weighted by Crippen LogP contribution is 2.53. The second-order valence-corrected chi connectivity index (χ2v) is 13.4. The minimum Gasteiger partial charge on any atom is -0.453 e. The van der Waals surface area contributed by atoms with Crippen LogP contribution in [0.3, 0.4) is 0 Å². The molecule has 0 unspecified atom stereocenters. The summed E-state index contributed by atoms with van der Waals surface area (Å²) in [5, 5.41) is 2.45. The van der Waals surface area contributed by atoms with Crippen LogP contribution in [-0.4, -0.2) is 4.57 Å². The molecule has 0 atom stereocenters. The number of rotatable bonds is 4. The number of nitrogens with zero attached hydrogens (tertiary/aromatic N) is 2. The minimum atomic E-state index is -0.185. The summed E-state index contributed by atoms with van der Waals surface area (Å²) in [6, 6.07) is 56.8. The van der Waals surface area contributed by atoms with Gasteiger partial charge in [0.2, 0.25) is 0 Å². The molecular formula is C45H32N2O. The molecule has 0 spiro atoms. The zero-order valence-corrected chi connectivity index (χ0v) is 26.8. The molecule has 0 saturated carbocycles. The highest BCUT2D eigenvalue weighted by Gasteiger charge is 2.36. The summed E-state index contributed by atoms with van der Waals surface area (Å²) in [5.74, 6) is 1.78. The molecule has 3 heteroatoms. The summed E-state index contributed by atoms with van der Waals surface area (Å²) >= 11 is 0. The lowest BCUT2D eigenvalue weighted by Gasteiger charge is -2.28. The van der Waals surface area contributed by atoms with Crippen LogP contribution in [0, 0.1) is 0 Å². The first-order valence-corrected chi connectivity index (χ1v) is 16.6. The largest absolute Gasteiger partial charge is 0.453 e. The average molecular weight is 617 g/mol. The van der Waals surface area contributed by atoms with Crippen molar-refractivity contribution in [1.82, 2.24) is 4.57 Å². The molecule has 7 aromatic carbocycles. The summed E-state index contributed by atoms with van der Waals surface area (Å²) in [6.07, 6.45) is 0. The van der Waals surface area contributed by atoms with Crippen molar-refractivity contribution in [2.45, 2.75) is 19.3 Å². The molecular weight excluding hydrogens is 585 g/mol. The van der Waals surface area contributed by atoms with Crippen LogP contribution in [0.5, 0.6) is 11.5 Å². The fraction of sp³-hybridized carbons (Fsp3) is 0.0667. The lowest BCUT2D eigenvalue weighted by atomic mass is 9.81. The Hall–Kier alpha value is -6.06. The summed E-state index contributed by atoms with van der Waals surface area (Å²) in [4.78, 5) is 2.35. The maximum absolute atomic E-state index is 6.41. The predicted molar refractivity (Wildman–Crippen MR) is 199 cm³/mol. The quantitative estimate of drug-likeness (QED) is 0.196. The van der Waals surface area contributed by atoms with E-state index in [4.69, 9.17) is 4.74 Å². The molecule has 1 aliphatic carbocycles. The van der Waals surface area contributed by atoms with Gasteiger partial charge in [-0.1, -0.05) is 111 Å². The van der Waals surface area contributed by atoms with Crippen molar-refractivity contribution in [2.75, 3.05) is 4.90 Å². The van der Waals surface area contributed by atoms with E-state index < -0.39 is 0 Å². The summed E-state index contributed by atoms with van der Waals surface area (Å²) in [5.41, 5.74) is 14.5. The molecule has 0 N–H and O–H groups in total. The number of hydrogen-bond donors (Lipinski definition) is 0. The lowest BCUT2D eigenvalue weighted by molar-refractivity contribution is 0.476. The van der Waals surface area contributed by atoms with Crippen LogP contribution in [0.1, 0.15) is 25.0 Å². The molecule has 0 saturated heterocycles. The normalized spacial score (nSPS) is 13.5. The second kappa shape index (κ2) is 9.97. The van der Waals surface area contributed by atoms with E-state index in [0.717, 1.165) is 39.8 Å². The molecule has 0 radical (unpaired) electrons. The van der Waals surface area contributed by atoms with E-state index in [2.05, 4.69) is 175 Å². The predicted octanol–water partition coefficient (Wildman–Crippen LogP) is 12.3. The Morgan fingerprint density at radius 3 is 1.83 bits per heavy atom. The van der Waals surface area contributed by atoms with Gasteiger partial charge in [-0.05, 0) is 88.5 Å². The summed E-state index contributed by atoms with van der Waals surface area (Å²) in [6.45, 7) is 4.74. The van der Waals surface area contributed by atoms with E-state index in [1.54, 1.807) is 0 Å². The molecule has 2 heterocycles. The molecule has 2 aliphatic rings. The smallest absolute Gasteiger partial charge is 0.152 e. The van der Waals surface area contributed by atoms with Crippen molar-refractivity contribution in [1.29, 1.82) is 0 Å². The highest BCUT2D eigenvalue weighted by atomic mass is 16.5. The Labute approximate surface area is 279 Å². The molecule has 8 aromatic rings. The minimum absolute atomic E-state index is 0.185. The molecule has 228 valence electrons. The molecule has 48 heavy (non-hydrogen) atoms. The Bertz CT molecular complexity index is 2520. The number of para-hydroxylation sites is 6. The molecule has 0 bridgehead atoms. The van der Waals surface area contributed by atoms with Crippen molar-refractivity contribution in [3.8, 4) is 39.4 Å². The molecule has 1 aromatic heterocycles. The van der Waals surface area contributed by atoms with E-state index in [-0.39, 0.29) is 5.41 Å². The lowest BCUT2D eigenvalue weighted by Crippen LogP contribution is -2.16. The maximum atomic E-state index is 6.41. The van der Waals surface area contributed by atoms with E-state index in [1.165, 1.54) is 49.7 Å². The first-order valence-electron chi connectivity index (χ1n) is 16.6. The third kappa shape index (κ3) is 3.76. The maximum Gasteiger partial charge on any atom is 0.152 e. The van der Waals surface area contributed by atoms with Gasteiger partial charge < -0.3 is 14.2 Å². The van der Waals surface area contributed by atoms with Gasteiger partial charge in [-0.25, -0.2) is 0 Å². The molecule has 3 nitrogen and oxygen atoms in total. The van der Waals surface area contributed by atoms with Gasteiger partial charge in [0.15, 0.2) is 11.5 Å². The van der Waals surface area contributed by atoms with Crippen LogP contribution in [0.25, 0.3) is 49.7 Å². The van der Waals surface area contributed by atoms with Crippen LogP contribution >= 0.6 is 0 Å². The zero-order valence-electron chi connectivity index (χ0n) is 26.8. The van der Waals surface area contributed by atoms with Crippen LogP contribution in [0.4, 0.5) is 17.1 Å². The van der Waals surface area contributed by atoms with Gasteiger partial charge in [-0.15, -0.1) is 0 Å². The van der Waals surface area contributed by atoms with Gasteiger partial charge in [0.1, 0.15) is 0 Å². The summed E-state index contributed by atoms with van der Waals surface area (Å²) < 4.78 is 8.82. The SMILES string of the molecule is CC1(C)c2cc(-c3cccc4c5cccc6c5n(c34)-c3ccccc3O6)ccc2-c2ccc(N(c3ccccc3)c3ccccc3)cc21. The third-order valence-electron chi connectivity index (χ3n) is 10.4. The first-order chi connectivity index (χ1) is 23.6. The van der Waals surface area contributed by atoms with Crippen molar-refractivity contribution in [3.05, 3.63) is 169 Å². The Morgan fingerprint density at radius 1 is 0.479 bits per heavy atom. The summed E-state index contributed by atoms with van der Waals surface area (Å²) in [7, 11) is 0. The molecule has 10 rings (SSSR count). The van der Waals surface area contributed by atoms with E-state index >= 15 is 0 Å². The van der Waals surface area contributed by atoms with Crippen LogP contribution in [0.15, 0.2) is 158 Å². The van der Waals surface area contributed by atoms with Gasteiger partial charge in [0.25, 0.3) is 0 Å². The fourth-order valence-corrected chi connectivity index (χ4v) is 8.12. The van der Waals surface area contributed by atoms with Crippen molar-refractivity contribution < 1.29 is 4.74 Å². The molecule has 0 amide bonds. The number of ether oxygens (including phenoxy) is 1. The monoisotopic (exact) mass is 616 g/mol. The Morgan fingerprint density at radius 2 is 1.08 bits per heavy atom. The number of benzene rings is 7. The fourth-order valence-electron chi connectivity index (χ4n) is 8.12. The van der Waals surface area contributed by atoms with E-state index in [1.807, 2.05) is 6.07 Å². The number of hydrogen-bond acceptors (Lipinski definition) is 2. The van der Waals surface area contributed by atoms with Gasteiger partial charge in [0.05, 0.1) is 16.7 Å². The van der Waals surface area contributed by atoms with Crippen molar-refractivity contribution in [2.24, 2.45) is 0 Å². The zero-order chi connectivity index (χ0) is 32.0. The van der Waals surface area contributed by atoms with Crippen LogP contribution in [-0.2, 0) is 5.41 Å². The van der Waals surface area contributed by atoms with Crippen LogP contribution < -0.4 is 9.64 Å². The number of aromatic nitrogens is 1. The second-order valence-electron chi connectivity index (χ2n) is 13.4. The van der Waals surface area contributed by atoms with Crippen molar-refractivity contribution >= 4 is 38.9 Å². The molecule has 0 fully saturated rings. The van der Waals surface area contributed by atoms with E-state index in [9.17, 15) is 0 Å². The van der Waals surface area contributed by atoms with Crippen molar-refractivity contribution in [3.63, 3.8) is 0 Å². The molecule has 1 aliphatic heterocycles. The van der Waals surface area contributed by atoms with Gasteiger partial charge in [-0.2, -0.15) is 0 Å². The topological polar surface area (TPSA) is 17.4 Å². The highest BCUT2D eigenvalue weighted by molar-refractivity contribution is 6.16.